The van der Waals surface area contributed by atoms with Gasteiger partial charge in [-0.25, -0.2) is 0 Å². The smallest absolute Gasteiger partial charge is 0.173 e. The van der Waals surface area contributed by atoms with Crippen LogP contribution in [-0.2, 0) is 4.74 Å². The normalized spacial score (nSPS) is 27.8. The number of aliphatic hydroxyl groups excluding tert-OH is 1. The molecule has 2 atom stereocenters. The zero-order valence-corrected chi connectivity index (χ0v) is 8.21. The van der Waals surface area contributed by atoms with Crippen LogP contribution in [0.4, 0.5) is 0 Å². The van der Waals surface area contributed by atoms with Crippen molar-refractivity contribution in [1.82, 2.24) is 0 Å². The van der Waals surface area contributed by atoms with Crippen molar-refractivity contribution in [2.24, 2.45) is 0 Å². The van der Waals surface area contributed by atoms with Crippen LogP contribution in [0, 0.1) is 0 Å². The molecule has 2 unspecified atom stereocenters. The third kappa shape index (κ3) is 1.70. The van der Waals surface area contributed by atoms with Gasteiger partial charge in [0.15, 0.2) is 5.06 Å². The predicted molar refractivity (Wildman–Crippen MR) is 50.4 cm³/mol. The van der Waals surface area contributed by atoms with E-state index in [0.717, 1.165) is 9.94 Å². The predicted octanol–water partition coefficient (Wildman–Crippen LogP) is 1.23. The molecule has 4 heteroatoms. The van der Waals surface area contributed by atoms with Crippen LogP contribution < -0.4 is 4.74 Å². The van der Waals surface area contributed by atoms with Gasteiger partial charge in [-0.05, 0) is 12.1 Å². The third-order valence-corrected chi connectivity index (χ3v) is 3.40. The number of ether oxygens (including phenoxy) is 2. The fourth-order valence-corrected chi connectivity index (χ4v) is 2.42. The standard InChI is InChI=1S/C9H12O3S/c1-11-9-3-2-8(13-9)6-4-12-5-7(6)10/h2-3,6-7,10H,4-5H2,1H3. The first-order valence-corrected chi connectivity index (χ1v) is 5.02. The molecule has 0 aromatic carbocycles. The molecule has 0 spiro atoms. The van der Waals surface area contributed by atoms with Crippen LogP contribution in [0.25, 0.3) is 0 Å². The van der Waals surface area contributed by atoms with Gasteiger partial charge in [0.1, 0.15) is 0 Å². The molecule has 0 aliphatic carbocycles. The molecule has 0 amide bonds. The molecule has 1 aromatic rings. The van der Waals surface area contributed by atoms with Crippen molar-refractivity contribution in [2.45, 2.75) is 12.0 Å². The molecule has 2 heterocycles. The second-order valence-electron chi connectivity index (χ2n) is 3.07. The molecule has 1 N–H and O–H groups in total. The van der Waals surface area contributed by atoms with Crippen molar-refractivity contribution in [2.75, 3.05) is 20.3 Å². The summed E-state index contributed by atoms with van der Waals surface area (Å²) in [5, 5.41) is 10.4. The molecule has 0 radical (unpaired) electrons. The zero-order chi connectivity index (χ0) is 9.26. The molecule has 1 fully saturated rings. The third-order valence-electron chi connectivity index (χ3n) is 2.22. The molecule has 13 heavy (non-hydrogen) atoms. The van der Waals surface area contributed by atoms with Crippen LogP contribution in [0.15, 0.2) is 12.1 Å². The molecule has 2 rings (SSSR count). The molecule has 0 bridgehead atoms. The summed E-state index contributed by atoms with van der Waals surface area (Å²) >= 11 is 1.57. The molecule has 1 aliphatic heterocycles. The van der Waals surface area contributed by atoms with Crippen LogP contribution >= 0.6 is 11.3 Å². The van der Waals surface area contributed by atoms with E-state index in [1.54, 1.807) is 18.4 Å². The highest BCUT2D eigenvalue weighted by molar-refractivity contribution is 7.13. The first-order chi connectivity index (χ1) is 6.31. The SMILES string of the molecule is COc1ccc(C2COCC2O)s1. The molecule has 1 aliphatic rings. The van der Waals surface area contributed by atoms with E-state index < -0.39 is 0 Å². The van der Waals surface area contributed by atoms with E-state index in [4.69, 9.17) is 9.47 Å². The Bertz CT molecular complexity index is 284. The Morgan fingerprint density at radius 1 is 1.54 bits per heavy atom. The van der Waals surface area contributed by atoms with Gasteiger partial charge < -0.3 is 14.6 Å². The fourth-order valence-electron chi connectivity index (χ4n) is 1.46. The van der Waals surface area contributed by atoms with Crippen molar-refractivity contribution >= 4 is 11.3 Å². The van der Waals surface area contributed by atoms with Gasteiger partial charge in [0.2, 0.25) is 0 Å². The van der Waals surface area contributed by atoms with E-state index in [2.05, 4.69) is 0 Å². The Morgan fingerprint density at radius 2 is 2.38 bits per heavy atom. The minimum Gasteiger partial charge on any atom is -0.487 e. The molecular formula is C9H12O3S. The minimum atomic E-state index is -0.358. The van der Waals surface area contributed by atoms with Crippen LogP contribution in [0.2, 0.25) is 0 Å². The maximum atomic E-state index is 9.57. The first-order valence-electron chi connectivity index (χ1n) is 4.21. The van der Waals surface area contributed by atoms with Gasteiger partial charge in [0.05, 0.1) is 26.4 Å². The average Bonchev–Trinajstić information content (AvgIpc) is 2.71. The summed E-state index contributed by atoms with van der Waals surface area (Å²) in [6.45, 7) is 1.07. The summed E-state index contributed by atoms with van der Waals surface area (Å²) < 4.78 is 10.3. The van der Waals surface area contributed by atoms with Crippen molar-refractivity contribution in [3.8, 4) is 5.06 Å². The number of thiophene rings is 1. The Kier molecular flexibility index (Phi) is 2.53. The van der Waals surface area contributed by atoms with Gasteiger partial charge in [0, 0.05) is 10.8 Å². The average molecular weight is 200 g/mol. The monoisotopic (exact) mass is 200 g/mol. The number of aliphatic hydroxyl groups is 1. The van der Waals surface area contributed by atoms with Crippen molar-refractivity contribution in [3.05, 3.63) is 17.0 Å². The largest absolute Gasteiger partial charge is 0.487 e. The Hall–Kier alpha value is -0.580. The van der Waals surface area contributed by atoms with E-state index in [-0.39, 0.29) is 12.0 Å². The molecular weight excluding hydrogens is 188 g/mol. The highest BCUT2D eigenvalue weighted by Gasteiger charge is 2.28. The summed E-state index contributed by atoms with van der Waals surface area (Å²) in [4.78, 5) is 1.14. The van der Waals surface area contributed by atoms with E-state index >= 15 is 0 Å². The van der Waals surface area contributed by atoms with Crippen LogP contribution in [0.3, 0.4) is 0 Å². The van der Waals surface area contributed by atoms with Gasteiger partial charge in [-0.15, -0.1) is 11.3 Å². The Morgan fingerprint density at radius 3 is 2.92 bits per heavy atom. The summed E-state index contributed by atoms with van der Waals surface area (Å²) in [7, 11) is 1.65. The lowest BCUT2D eigenvalue weighted by molar-refractivity contribution is 0.125. The van der Waals surface area contributed by atoms with Gasteiger partial charge >= 0.3 is 0 Å². The first kappa shape index (κ1) is 8.99. The van der Waals surface area contributed by atoms with Crippen LogP contribution in [0.1, 0.15) is 10.8 Å². The van der Waals surface area contributed by atoms with Gasteiger partial charge in [-0.1, -0.05) is 0 Å². The molecule has 72 valence electrons. The van der Waals surface area contributed by atoms with Crippen LogP contribution in [0.5, 0.6) is 5.06 Å². The topological polar surface area (TPSA) is 38.7 Å². The maximum absolute atomic E-state index is 9.57. The highest BCUT2D eigenvalue weighted by Crippen LogP contribution is 2.34. The molecule has 0 saturated carbocycles. The maximum Gasteiger partial charge on any atom is 0.173 e. The second-order valence-corrected chi connectivity index (χ2v) is 4.15. The van der Waals surface area contributed by atoms with E-state index in [1.807, 2.05) is 12.1 Å². The van der Waals surface area contributed by atoms with Gasteiger partial charge in [-0.2, -0.15) is 0 Å². The van der Waals surface area contributed by atoms with Crippen molar-refractivity contribution < 1.29 is 14.6 Å². The number of rotatable bonds is 2. The summed E-state index contributed by atoms with van der Waals surface area (Å²) in [6.07, 6.45) is -0.358. The number of hydrogen-bond donors (Lipinski definition) is 1. The van der Waals surface area contributed by atoms with E-state index in [9.17, 15) is 5.11 Å². The van der Waals surface area contributed by atoms with Gasteiger partial charge in [0.25, 0.3) is 0 Å². The lowest BCUT2D eigenvalue weighted by Crippen LogP contribution is -2.14. The summed E-state index contributed by atoms with van der Waals surface area (Å²) in [5.74, 6) is 0.133. The molecule has 1 saturated heterocycles. The molecule has 1 aromatic heterocycles. The van der Waals surface area contributed by atoms with E-state index in [1.165, 1.54) is 0 Å². The van der Waals surface area contributed by atoms with E-state index in [0.29, 0.717) is 13.2 Å². The minimum absolute atomic E-state index is 0.133. The van der Waals surface area contributed by atoms with Crippen LogP contribution in [-0.4, -0.2) is 31.5 Å². The number of methoxy groups -OCH3 is 1. The lowest BCUT2D eigenvalue weighted by Gasteiger charge is -2.08. The summed E-state index contributed by atoms with van der Waals surface area (Å²) in [5.41, 5.74) is 0. The molecule has 3 nitrogen and oxygen atoms in total. The lowest BCUT2D eigenvalue weighted by atomic mass is 10.1. The fraction of sp³-hybridized carbons (Fsp3) is 0.556. The Labute approximate surface area is 80.9 Å². The number of hydrogen-bond acceptors (Lipinski definition) is 4. The quantitative estimate of drug-likeness (QED) is 0.780. The van der Waals surface area contributed by atoms with Crippen molar-refractivity contribution in [3.63, 3.8) is 0 Å². The zero-order valence-electron chi connectivity index (χ0n) is 7.40. The summed E-state index contributed by atoms with van der Waals surface area (Å²) in [6, 6.07) is 3.91. The second kappa shape index (κ2) is 3.65. The van der Waals surface area contributed by atoms with Gasteiger partial charge in [-0.3, -0.25) is 0 Å². The van der Waals surface area contributed by atoms with Crippen molar-refractivity contribution in [1.29, 1.82) is 0 Å². The Balaban J connectivity index is 2.15. The highest BCUT2D eigenvalue weighted by atomic mass is 32.1.